The minimum Gasteiger partial charge on any atom is -0.378 e. The van der Waals surface area contributed by atoms with E-state index in [9.17, 15) is 13.6 Å². The first-order chi connectivity index (χ1) is 12.2. The third kappa shape index (κ3) is 3.18. The lowest BCUT2D eigenvalue weighted by Crippen LogP contribution is -2.35. The van der Waals surface area contributed by atoms with Crippen LogP contribution in [0.4, 0.5) is 14.5 Å². The van der Waals surface area contributed by atoms with Gasteiger partial charge in [0.05, 0.1) is 0 Å². The van der Waals surface area contributed by atoms with Crippen LogP contribution >= 0.6 is 0 Å². The van der Waals surface area contributed by atoms with Crippen LogP contribution in [0.1, 0.15) is 36.2 Å². The molecule has 0 heterocycles. The molecule has 1 N–H and O–H groups in total. The van der Waals surface area contributed by atoms with E-state index in [0.717, 1.165) is 18.2 Å². The number of benzene rings is 2. The number of rotatable bonds is 5. The minimum absolute atomic E-state index is 0.159. The maximum Gasteiger partial charge on any atom is 0.251 e. The average molecular weight is 358 g/mol. The molecule has 5 heteroatoms. The number of halogens is 2. The second-order valence-corrected chi connectivity index (χ2v) is 7.89. The van der Waals surface area contributed by atoms with Crippen molar-refractivity contribution < 1.29 is 13.6 Å². The summed E-state index contributed by atoms with van der Waals surface area (Å²) in [4.78, 5) is 14.5. The van der Waals surface area contributed by atoms with E-state index in [4.69, 9.17) is 0 Å². The molecule has 1 amide bonds. The summed E-state index contributed by atoms with van der Waals surface area (Å²) in [6.45, 7) is 4.39. The molecular weight excluding hydrogens is 334 g/mol. The molecule has 138 valence electrons. The fourth-order valence-electron chi connectivity index (χ4n) is 3.69. The largest absolute Gasteiger partial charge is 0.378 e. The third-order valence-electron chi connectivity index (χ3n) is 5.56. The maximum atomic E-state index is 14.3. The molecule has 1 unspecified atom stereocenters. The highest BCUT2D eigenvalue weighted by Crippen LogP contribution is 2.64. The van der Waals surface area contributed by atoms with Gasteiger partial charge in [0.2, 0.25) is 0 Å². The van der Waals surface area contributed by atoms with Crippen molar-refractivity contribution in [3.05, 3.63) is 65.2 Å². The van der Waals surface area contributed by atoms with Crippen molar-refractivity contribution in [3.63, 3.8) is 0 Å². The zero-order valence-corrected chi connectivity index (χ0v) is 15.6. The molecule has 2 aromatic carbocycles. The zero-order valence-electron chi connectivity index (χ0n) is 15.6. The molecule has 0 aromatic heterocycles. The Balaban J connectivity index is 1.77. The van der Waals surface area contributed by atoms with Crippen LogP contribution in [-0.4, -0.2) is 26.5 Å². The molecule has 0 radical (unpaired) electrons. The lowest BCUT2D eigenvalue weighted by molar-refractivity contribution is 0.0947. The summed E-state index contributed by atoms with van der Waals surface area (Å²) < 4.78 is 27.6. The van der Waals surface area contributed by atoms with E-state index >= 15 is 0 Å². The number of nitrogens with zero attached hydrogens (tertiary/aromatic N) is 1. The van der Waals surface area contributed by atoms with Gasteiger partial charge in [-0.15, -0.1) is 0 Å². The standard InChI is InChI=1S/C21H24F2N2O/c1-20(2)12-21(20,17-10-7-15(22)11-18(17)23)13-24-19(26)14-5-8-16(9-6-14)25(3)4/h5-11H,12-13H2,1-4H3,(H,24,26). The monoisotopic (exact) mass is 358 g/mol. The van der Waals surface area contributed by atoms with Gasteiger partial charge in [0, 0.05) is 43.4 Å². The highest BCUT2D eigenvalue weighted by Gasteiger charge is 2.62. The van der Waals surface area contributed by atoms with Crippen molar-refractivity contribution in [2.24, 2.45) is 5.41 Å². The first kappa shape index (κ1) is 18.4. The number of carbonyl (C=O) groups is 1. The van der Waals surface area contributed by atoms with Gasteiger partial charge >= 0.3 is 0 Å². The van der Waals surface area contributed by atoms with Crippen LogP contribution in [0.3, 0.4) is 0 Å². The fraction of sp³-hybridized carbons (Fsp3) is 0.381. The Hall–Kier alpha value is -2.43. The Morgan fingerprint density at radius 3 is 2.23 bits per heavy atom. The highest BCUT2D eigenvalue weighted by atomic mass is 19.1. The SMILES string of the molecule is CN(C)c1ccc(C(=O)NCC2(c3ccc(F)cc3F)CC2(C)C)cc1. The summed E-state index contributed by atoms with van der Waals surface area (Å²) in [6, 6.07) is 11.0. The van der Waals surface area contributed by atoms with Crippen LogP contribution in [0.15, 0.2) is 42.5 Å². The summed E-state index contributed by atoms with van der Waals surface area (Å²) in [7, 11) is 3.87. The third-order valence-corrected chi connectivity index (χ3v) is 5.56. The number of hydrogen-bond acceptors (Lipinski definition) is 2. The van der Waals surface area contributed by atoms with Crippen molar-refractivity contribution >= 4 is 11.6 Å². The summed E-state index contributed by atoms with van der Waals surface area (Å²) in [5.74, 6) is -1.34. The lowest BCUT2D eigenvalue weighted by Gasteiger charge is -2.22. The van der Waals surface area contributed by atoms with Gasteiger partial charge in [-0.1, -0.05) is 19.9 Å². The van der Waals surface area contributed by atoms with E-state index in [2.05, 4.69) is 5.32 Å². The Kier molecular flexibility index (Phi) is 4.51. The van der Waals surface area contributed by atoms with E-state index < -0.39 is 17.0 Å². The Morgan fingerprint density at radius 2 is 1.73 bits per heavy atom. The summed E-state index contributed by atoms with van der Waals surface area (Å²) in [5, 5.41) is 2.93. The van der Waals surface area contributed by atoms with Crippen LogP contribution in [0.25, 0.3) is 0 Å². The first-order valence-corrected chi connectivity index (χ1v) is 8.67. The molecule has 0 aliphatic heterocycles. The van der Waals surface area contributed by atoms with Gasteiger partial charge in [-0.3, -0.25) is 4.79 Å². The van der Waals surface area contributed by atoms with Gasteiger partial charge in [-0.05, 0) is 47.7 Å². The van der Waals surface area contributed by atoms with Gasteiger partial charge in [0.1, 0.15) is 11.6 Å². The number of amides is 1. The second kappa shape index (κ2) is 6.38. The zero-order chi connectivity index (χ0) is 19.1. The van der Waals surface area contributed by atoms with E-state index in [0.29, 0.717) is 17.7 Å². The minimum atomic E-state index is -0.593. The quantitative estimate of drug-likeness (QED) is 0.872. The Morgan fingerprint density at radius 1 is 1.12 bits per heavy atom. The van der Waals surface area contributed by atoms with E-state index in [-0.39, 0.29) is 11.3 Å². The molecule has 26 heavy (non-hydrogen) atoms. The van der Waals surface area contributed by atoms with E-state index in [1.54, 1.807) is 12.1 Å². The Labute approximate surface area is 153 Å². The van der Waals surface area contributed by atoms with E-state index in [1.807, 2.05) is 45.0 Å². The summed E-state index contributed by atoms with van der Waals surface area (Å²) >= 11 is 0. The molecule has 2 aromatic rings. The number of anilines is 1. The highest BCUT2D eigenvalue weighted by molar-refractivity contribution is 5.94. The molecular formula is C21H24F2N2O. The van der Waals surface area contributed by atoms with Crippen molar-refractivity contribution in [1.29, 1.82) is 0 Å². The number of carbonyl (C=O) groups excluding carboxylic acids is 1. The van der Waals surface area contributed by atoms with Crippen LogP contribution in [0.2, 0.25) is 0 Å². The molecule has 1 saturated carbocycles. The molecule has 1 fully saturated rings. The van der Waals surface area contributed by atoms with Crippen LogP contribution in [-0.2, 0) is 5.41 Å². The Bertz CT molecular complexity index is 830. The van der Waals surface area contributed by atoms with Crippen molar-refractivity contribution in [2.45, 2.75) is 25.7 Å². The van der Waals surface area contributed by atoms with Crippen molar-refractivity contribution in [1.82, 2.24) is 5.32 Å². The molecule has 0 spiro atoms. The fourth-order valence-corrected chi connectivity index (χ4v) is 3.69. The van der Waals surface area contributed by atoms with Gasteiger partial charge < -0.3 is 10.2 Å². The molecule has 3 rings (SSSR count). The molecule has 3 nitrogen and oxygen atoms in total. The molecule has 1 aliphatic rings. The molecule has 0 saturated heterocycles. The molecule has 0 bridgehead atoms. The summed E-state index contributed by atoms with van der Waals surface area (Å²) in [5.41, 5.74) is 1.36. The maximum absolute atomic E-state index is 14.3. The van der Waals surface area contributed by atoms with Crippen LogP contribution < -0.4 is 10.2 Å². The summed E-state index contributed by atoms with van der Waals surface area (Å²) in [6.07, 6.45) is 0.738. The molecule has 1 atom stereocenters. The molecule has 1 aliphatic carbocycles. The van der Waals surface area contributed by atoms with Gasteiger partial charge in [-0.25, -0.2) is 8.78 Å². The number of hydrogen-bond donors (Lipinski definition) is 1. The first-order valence-electron chi connectivity index (χ1n) is 8.67. The van der Waals surface area contributed by atoms with Gasteiger partial charge in [-0.2, -0.15) is 0 Å². The van der Waals surface area contributed by atoms with E-state index in [1.165, 1.54) is 12.1 Å². The lowest BCUT2D eigenvalue weighted by atomic mass is 9.87. The van der Waals surface area contributed by atoms with Crippen LogP contribution in [0.5, 0.6) is 0 Å². The van der Waals surface area contributed by atoms with Gasteiger partial charge in [0.15, 0.2) is 0 Å². The van der Waals surface area contributed by atoms with Crippen LogP contribution in [0, 0.1) is 17.0 Å². The predicted octanol–water partition coefficient (Wildman–Crippen LogP) is 4.13. The average Bonchev–Trinajstić information content (AvgIpc) is 3.14. The smallest absolute Gasteiger partial charge is 0.251 e. The number of nitrogens with one attached hydrogen (secondary N) is 1. The van der Waals surface area contributed by atoms with Crippen molar-refractivity contribution in [3.8, 4) is 0 Å². The normalized spacial score (nSPS) is 20.5. The second-order valence-electron chi connectivity index (χ2n) is 7.89. The predicted molar refractivity (Wildman–Crippen MR) is 99.5 cm³/mol. The van der Waals surface area contributed by atoms with Gasteiger partial charge in [0.25, 0.3) is 5.91 Å². The topological polar surface area (TPSA) is 32.3 Å². The van der Waals surface area contributed by atoms with Crippen molar-refractivity contribution in [2.75, 3.05) is 25.5 Å².